The lowest BCUT2D eigenvalue weighted by atomic mass is 9.92. The van der Waals surface area contributed by atoms with Gasteiger partial charge in [0.2, 0.25) is 0 Å². The van der Waals surface area contributed by atoms with E-state index in [1.165, 1.54) is 6.42 Å². The Bertz CT molecular complexity index is 1170. The van der Waals surface area contributed by atoms with E-state index < -0.39 is 5.97 Å². The van der Waals surface area contributed by atoms with Crippen LogP contribution in [0.15, 0.2) is 48.5 Å². The molecule has 1 unspecified atom stereocenters. The minimum Gasteiger partial charge on any atom is -0.508 e. The predicted molar refractivity (Wildman–Crippen MR) is 162 cm³/mol. The maximum Gasteiger partial charge on any atom is 0.303 e. The smallest absolute Gasteiger partial charge is 0.303 e. The van der Waals surface area contributed by atoms with Crippen LogP contribution in [0, 0.1) is 5.92 Å². The van der Waals surface area contributed by atoms with Crippen LogP contribution in [-0.4, -0.2) is 106 Å². The fourth-order valence-electron chi connectivity index (χ4n) is 6.29. The topological polar surface area (TPSA) is 87.6 Å². The molecule has 0 aliphatic carbocycles. The Morgan fingerprint density at radius 2 is 1.63 bits per heavy atom. The summed E-state index contributed by atoms with van der Waals surface area (Å²) in [7, 11) is 0. The minimum atomic E-state index is -0.764. The van der Waals surface area contributed by atoms with E-state index in [-0.39, 0.29) is 24.1 Å². The van der Waals surface area contributed by atoms with E-state index in [4.69, 9.17) is 5.11 Å². The first kappa shape index (κ1) is 31.0. The second kappa shape index (κ2) is 14.3. The zero-order valence-corrected chi connectivity index (χ0v) is 25.2. The summed E-state index contributed by atoms with van der Waals surface area (Å²) in [5, 5.41) is 19.3. The Kier molecular flexibility index (Phi) is 10.8. The highest BCUT2D eigenvalue weighted by molar-refractivity contribution is 5.94. The third-order valence-electron chi connectivity index (χ3n) is 8.90. The summed E-state index contributed by atoms with van der Waals surface area (Å²) in [4.78, 5) is 33.7. The van der Waals surface area contributed by atoms with Crippen LogP contribution in [-0.2, 0) is 4.79 Å². The van der Waals surface area contributed by atoms with E-state index >= 15 is 0 Å². The van der Waals surface area contributed by atoms with E-state index in [1.54, 1.807) is 6.07 Å². The molecule has 224 valence electrons. The van der Waals surface area contributed by atoms with Crippen LogP contribution in [0.4, 0.5) is 0 Å². The third kappa shape index (κ3) is 8.09. The van der Waals surface area contributed by atoms with E-state index in [0.29, 0.717) is 43.1 Å². The zero-order valence-electron chi connectivity index (χ0n) is 25.2. The van der Waals surface area contributed by atoms with Gasteiger partial charge in [-0.15, -0.1) is 0 Å². The number of hydrogen-bond acceptors (Lipinski definition) is 6. The van der Waals surface area contributed by atoms with Gasteiger partial charge in [0.15, 0.2) is 0 Å². The molecule has 0 radical (unpaired) electrons. The molecule has 0 saturated carbocycles. The number of phenols is 1. The Hall–Kier alpha value is -2.94. The standard InChI is InChI=1S/C33H48N4O4/c1-5-24(2)21-36-22-26(4)37(23-25(36)3)32(28-10-7-12-30(38)20-28)27-9-6-11-29(19-27)33(41)35-17-15-34(16-18-35)14-8-13-31(39)40/h6-7,9-12,19-20,24-26,32,38H,5,8,13-18,21-23H2,1-4H3,(H,39,40)/t24?,25-,26+,32-/m1/s1. The Morgan fingerprint density at radius 1 is 0.951 bits per heavy atom. The SMILES string of the molecule is CCC(C)CN1C[C@H](C)N([C@@H](c2cccc(O)c2)c2cccc(C(=O)N3CCN(CCCC(=O)O)CC3)c2)C[C@H]1C. The molecule has 2 aliphatic rings. The van der Waals surface area contributed by atoms with Crippen molar-refractivity contribution in [1.82, 2.24) is 19.6 Å². The van der Waals surface area contributed by atoms with Gasteiger partial charge in [-0.1, -0.05) is 44.5 Å². The molecule has 2 heterocycles. The molecule has 0 spiro atoms. The van der Waals surface area contributed by atoms with Gasteiger partial charge in [0, 0.05) is 69.9 Å². The highest BCUT2D eigenvalue weighted by Gasteiger charge is 2.35. The number of carbonyl (C=O) groups excluding carboxylic acids is 1. The number of nitrogens with zero attached hydrogens (tertiary/aromatic N) is 4. The number of carboxylic acids is 1. The van der Waals surface area contributed by atoms with Gasteiger partial charge in [0.05, 0.1) is 6.04 Å². The molecule has 2 fully saturated rings. The van der Waals surface area contributed by atoms with Crippen LogP contribution in [0.1, 0.15) is 74.5 Å². The quantitative estimate of drug-likeness (QED) is 0.414. The van der Waals surface area contributed by atoms with Gasteiger partial charge < -0.3 is 15.1 Å². The molecule has 2 aromatic rings. The number of carboxylic acid groups (broad SMARTS) is 1. The summed E-state index contributed by atoms with van der Waals surface area (Å²) in [6.07, 6.45) is 1.98. The van der Waals surface area contributed by atoms with Crippen LogP contribution in [0.25, 0.3) is 0 Å². The first-order valence-electron chi connectivity index (χ1n) is 15.3. The predicted octanol–water partition coefficient (Wildman–Crippen LogP) is 4.54. The summed E-state index contributed by atoms with van der Waals surface area (Å²) in [6.45, 7) is 15.7. The Labute approximate surface area is 245 Å². The van der Waals surface area contributed by atoms with Crippen LogP contribution >= 0.6 is 0 Å². The van der Waals surface area contributed by atoms with Crippen LogP contribution in [0.5, 0.6) is 5.75 Å². The van der Waals surface area contributed by atoms with E-state index in [9.17, 15) is 14.7 Å². The van der Waals surface area contributed by atoms with Gasteiger partial charge in [-0.05, 0) is 68.1 Å². The van der Waals surface area contributed by atoms with E-state index in [1.807, 2.05) is 35.2 Å². The number of hydrogen-bond donors (Lipinski definition) is 2. The van der Waals surface area contributed by atoms with Crippen molar-refractivity contribution in [3.63, 3.8) is 0 Å². The first-order chi connectivity index (χ1) is 19.7. The van der Waals surface area contributed by atoms with Gasteiger partial charge in [-0.3, -0.25) is 24.3 Å². The number of aromatic hydroxyl groups is 1. The maximum absolute atomic E-state index is 13.6. The van der Waals surface area contributed by atoms with Crippen molar-refractivity contribution >= 4 is 11.9 Å². The lowest BCUT2D eigenvalue weighted by Crippen LogP contribution is -2.57. The molecule has 8 heteroatoms. The highest BCUT2D eigenvalue weighted by Crippen LogP contribution is 2.35. The minimum absolute atomic E-state index is 0.0338. The Balaban J connectivity index is 1.53. The largest absolute Gasteiger partial charge is 0.508 e. The van der Waals surface area contributed by atoms with Gasteiger partial charge in [0.1, 0.15) is 5.75 Å². The van der Waals surface area contributed by atoms with Gasteiger partial charge in [-0.2, -0.15) is 0 Å². The van der Waals surface area contributed by atoms with E-state index in [0.717, 1.165) is 50.4 Å². The van der Waals surface area contributed by atoms with Crippen molar-refractivity contribution in [2.45, 2.75) is 65.1 Å². The van der Waals surface area contributed by atoms with Crippen molar-refractivity contribution in [1.29, 1.82) is 0 Å². The number of aliphatic carboxylic acids is 1. The number of carbonyl (C=O) groups is 2. The summed E-state index contributed by atoms with van der Waals surface area (Å²) >= 11 is 0. The van der Waals surface area contributed by atoms with Gasteiger partial charge in [-0.25, -0.2) is 0 Å². The van der Waals surface area contributed by atoms with Crippen molar-refractivity contribution in [2.24, 2.45) is 5.92 Å². The highest BCUT2D eigenvalue weighted by atomic mass is 16.4. The fourth-order valence-corrected chi connectivity index (χ4v) is 6.29. The summed E-state index contributed by atoms with van der Waals surface area (Å²) < 4.78 is 0. The summed E-state index contributed by atoms with van der Waals surface area (Å²) in [5.41, 5.74) is 2.77. The van der Waals surface area contributed by atoms with Gasteiger partial charge >= 0.3 is 5.97 Å². The molecule has 41 heavy (non-hydrogen) atoms. The molecule has 0 bridgehead atoms. The molecule has 8 nitrogen and oxygen atoms in total. The number of benzene rings is 2. The van der Waals surface area contributed by atoms with Crippen molar-refractivity contribution in [2.75, 3.05) is 52.4 Å². The molecule has 0 aromatic heterocycles. The molecule has 2 N–H and O–H groups in total. The first-order valence-corrected chi connectivity index (χ1v) is 15.3. The molecule has 1 amide bonds. The molecular formula is C33H48N4O4. The van der Waals surface area contributed by atoms with Gasteiger partial charge in [0.25, 0.3) is 5.91 Å². The summed E-state index contributed by atoms with van der Waals surface area (Å²) in [5.74, 6) is 0.176. The second-order valence-corrected chi connectivity index (χ2v) is 12.1. The monoisotopic (exact) mass is 564 g/mol. The molecule has 2 aromatic carbocycles. The number of rotatable bonds is 11. The van der Waals surface area contributed by atoms with Crippen molar-refractivity contribution in [3.8, 4) is 5.75 Å². The average molecular weight is 565 g/mol. The van der Waals surface area contributed by atoms with Crippen molar-refractivity contribution in [3.05, 3.63) is 65.2 Å². The fraction of sp³-hybridized carbons (Fsp3) is 0.576. The molecule has 2 aliphatic heterocycles. The number of phenolic OH excluding ortho intramolecular Hbond substituents is 1. The maximum atomic E-state index is 13.6. The Morgan fingerprint density at radius 3 is 2.29 bits per heavy atom. The molecular weight excluding hydrogens is 516 g/mol. The number of amides is 1. The second-order valence-electron chi connectivity index (χ2n) is 12.1. The third-order valence-corrected chi connectivity index (χ3v) is 8.90. The van der Waals surface area contributed by atoms with Crippen LogP contribution < -0.4 is 0 Å². The van der Waals surface area contributed by atoms with Crippen LogP contribution in [0.3, 0.4) is 0 Å². The lowest BCUT2D eigenvalue weighted by molar-refractivity contribution is -0.137. The molecule has 4 rings (SSSR count). The number of piperazine rings is 2. The average Bonchev–Trinajstić information content (AvgIpc) is 2.95. The zero-order chi connectivity index (χ0) is 29.5. The normalized spacial score (nSPS) is 22.4. The summed E-state index contributed by atoms with van der Waals surface area (Å²) in [6, 6.07) is 16.2. The van der Waals surface area contributed by atoms with Crippen LogP contribution in [0.2, 0.25) is 0 Å². The molecule has 2 saturated heterocycles. The van der Waals surface area contributed by atoms with E-state index in [2.05, 4.69) is 54.5 Å². The lowest BCUT2D eigenvalue weighted by Gasteiger charge is -2.48. The van der Waals surface area contributed by atoms with Crippen molar-refractivity contribution < 1.29 is 19.8 Å². The molecule has 4 atom stereocenters.